The normalized spacial score (nSPS) is 23.7. The highest BCUT2D eigenvalue weighted by molar-refractivity contribution is 7.89. The fraction of sp³-hybridized carbons (Fsp3) is 0.500. The topological polar surface area (TPSA) is 72.2 Å². The molecule has 0 aromatic heterocycles. The SMILES string of the molecule is CC1CCC(NS(=O)(=O)c2c(Cl)cc(N)cc2Cl)C1. The molecule has 19 heavy (non-hydrogen) atoms. The van der Waals surface area contributed by atoms with Crippen LogP contribution in [0.3, 0.4) is 0 Å². The van der Waals surface area contributed by atoms with Crippen molar-refractivity contribution in [3.05, 3.63) is 22.2 Å². The molecule has 1 aliphatic rings. The zero-order valence-corrected chi connectivity index (χ0v) is 12.8. The Morgan fingerprint density at radius 2 is 1.84 bits per heavy atom. The van der Waals surface area contributed by atoms with Gasteiger partial charge in [-0.25, -0.2) is 13.1 Å². The first kappa shape index (κ1) is 14.9. The molecule has 0 heterocycles. The summed E-state index contributed by atoms with van der Waals surface area (Å²) in [5.41, 5.74) is 5.91. The first-order valence-electron chi connectivity index (χ1n) is 6.06. The molecular weight excluding hydrogens is 307 g/mol. The summed E-state index contributed by atoms with van der Waals surface area (Å²) < 4.78 is 27.3. The van der Waals surface area contributed by atoms with Gasteiger partial charge in [-0.3, -0.25) is 0 Å². The number of sulfonamides is 1. The van der Waals surface area contributed by atoms with Crippen LogP contribution in [0.5, 0.6) is 0 Å². The number of nitrogens with one attached hydrogen (secondary N) is 1. The third kappa shape index (κ3) is 3.34. The summed E-state index contributed by atoms with van der Waals surface area (Å²) in [6.07, 6.45) is 2.70. The number of hydrogen-bond acceptors (Lipinski definition) is 3. The van der Waals surface area contributed by atoms with Crippen molar-refractivity contribution in [1.82, 2.24) is 4.72 Å². The lowest BCUT2D eigenvalue weighted by Gasteiger charge is -2.15. The zero-order valence-electron chi connectivity index (χ0n) is 10.5. The summed E-state index contributed by atoms with van der Waals surface area (Å²) in [4.78, 5) is -0.0930. The molecule has 2 atom stereocenters. The van der Waals surface area contributed by atoms with Crippen LogP contribution in [-0.2, 0) is 10.0 Å². The third-order valence-corrected chi connectivity index (χ3v) is 5.75. The highest BCUT2D eigenvalue weighted by Gasteiger charge is 2.29. The molecule has 0 saturated heterocycles. The molecule has 0 spiro atoms. The molecule has 1 saturated carbocycles. The molecule has 0 radical (unpaired) electrons. The molecule has 2 rings (SSSR count). The van der Waals surface area contributed by atoms with Crippen LogP contribution in [0.1, 0.15) is 26.2 Å². The first-order valence-corrected chi connectivity index (χ1v) is 8.30. The van der Waals surface area contributed by atoms with Gasteiger partial charge >= 0.3 is 0 Å². The molecule has 0 aliphatic heterocycles. The molecule has 0 amide bonds. The Bertz CT molecular complexity index is 566. The monoisotopic (exact) mass is 322 g/mol. The molecule has 4 nitrogen and oxygen atoms in total. The molecule has 2 unspecified atom stereocenters. The van der Waals surface area contributed by atoms with Crippen molar-refractivity contribution < 1.29 is 8.42 Å². The van der Waals surface area contributed by atoms with Crippen molar-refractivity contribution in [3.63, 3.8) is 0 Å². The number of hydrogen-bond donors (Lipinski definition) is 2. The van der Waals surface area contributed by atoms with Crippen LogP contribution in [0, 0.1) is 5.92 Å². The predicted octanol–water partition coefficient (Wildman–Crippen LogP) is 3.04. The van der Waals surface area contributed by atoms with Gasteiger partial charge in [0.2, 0.25) is 10.0 Å². The van der Waals surface area contributed by atoms with Crippen LogP contribution in [0.2, 0.25) is 10.0 Å². The third-order valence-electron chi connectivity index (χ3n) is 3.31. The lowest BCUT2D eigenvalue weighted by Crippen LogP contribution is -2.33. The van der Waals surface area contributed by atoms with E-state index in [4.69, 9.17) is 28.9 Å². The van der Waals surface area contributed by atoms with E-state index >= 15 is 0 Å². The minimum absolute atomic E-state index is 0.0449. The minimum atomic E-state index is -3.71. The van der Waals surface area contributed by atoms with Gasteiger partial charge in [0.15, 0.2) is 0 Å². The Kier molecular flexibility index (Phi) is 4.30. The van der Waals surface area contributed by atoms with Crippen LogP contribution in [0.15, 0.2) is 17.0 Å². The summed E-state index contributed by atoms with van der Waals surface area (Å²) in [6.45, 7) is 2.11. The van der Waals surface area contributed by atoms with E-state index in [1.807, 2.05) is 0 Å². The van der Waals surface area contributed by atoms with E-state index in [-0.39, 0.29) is 21.0 Å². The van der Waals surface area contributed by atoms with Gasteiger partial charge in [0.25, 0.3) is 0 Å². The molecular formula is C12H16Cl2N2O2S. The Balaban J connectivity index is 2.30. The Morgan fingerprint density at radius 1 is 1.26 bits per heavy atom. The summed E-state index contributed by atoms with van der Waals surface area (Å²) in [6, 6.07) is 2.73. The maximum atomic E-state index is 12.3. The van der Waals surface area contributed by atoms with E-state index in [0.29, 0.717) is 11.6 Å². The summed E-state index contributed by atoms with van der Waals surface area (Å²) in [5, 5.41) is 0.0899. The van der Waals surface area contributed by atoms with Gasteiger partial charge in [-0.15, -0.1) is 0 Å². The van der Waals surface area contributed by atoms with E-state index < -0.39 is 10.0 Å². The second-order valence-corrected chi connectivity index (χ2v) is 7.52. The Hall–Kier alpha value is -0.490. The van der Waals surface area contributed by atoms with Crippen molar-refractivity contribution in [2.45, 2.75) is 37.1 Å². The van der Waals surface area contributed by atoms with E-state index in [0.717, 1.165) is 19.3 Å². The van der Waals surface area contributed by atoms with Gasteiger partial charge in [-0.05, 0) is 37.3 Å². The number of benzene rings is 1. The average Bonchev–Trinajstić information content (AvgIpc) is 2.60. The zero-order chi connectivity index (χ0) is 14.2. The predicted molar refractivity (Wildman–Crippen MR) is 78.0 cm³/mol. The molecule has 1 fully saturated rings. The fourth-order valence-corrected chi connectivity index (χ4v) is 4.94. The van der Waals surface area contributed by atoms with Crippen LogP contribution >= 0.6 is 23.2 Å². The van der Waals surface area contributed by atoms with Gasteiger partial charge in [-0.2, -0.15) is 0 Å². The van der Waals surface area contributed by atoms with Crippen LogP contribution in [0.4, 0.5) is 5.69 Å². The molecule has 1 aromatic carbocycles. The summed E-state index contributed by atoms with van der Waals surface area (Å²) >= 11 is 11.9. The molecule has 106 valence electrons. The van der Waals surface area contributed by atoms with Gasteiger partial charge < -0.3 is 5.73 Å². The van der Waals surface area contributed by atoms with Gasteiger partial charge in [0, 0.05) is 11.7 Å². The van der Waals surface area contributed by atoms with Crippen molar-refractivity contribution in [2.24, 2.45) is 5.92 Å². The number of anilines is 1. The molecule has 3 N–H and O–H groups in total. The lowest BCUT2D eigenvalue weighted by molar-refractivity contribution is 0.538. The lowest BCUT2D eigenvalue weighted by atomic mass is 10.1. The maximum Gasteiger partial charge on any atom is 0.243 e. The van der Waals surface area contributed by atoms with Gasteiger partial charge in [0.05, 0.1) is 10.0 Å². The molecule has 1 aromatic rings. The summed E-state index contributed by atoms with van der Waals surface area (Å²) in [5.74, 6) is 0.532. The number of halogens is 2. The van der Waals surface area contributed by atoms with E-state index in [2.05, 4.69) is 11.6 Å². The van der Waals surface area contributed by atoms with Crippen molar-refractivity contribution in [3.8, 4) is 0 Å². The largest absolute Gasteiger partial charge is 0.399 e. The van der Waals surface area contributed by atoms with Crippen LogP contribution in [0.25, 0.3) is 0 Å². The van der Waals surface area contributed by atoms with Crippen LogP contribution < -0.4 is 10.5 Å². The van der Waals surface area contributed by atoms with E-state index in [9.17, 15) is 8.42 Å². The van der Waals surface area contributed by atoms with E-state index in [1.165, 1.54) is 12.1 Å². The molecule has 0 bridgehead atoms. The van der Waals surface area contributed by atoms with E-state index in [1.54, 1.807) is 0 Å². The highest BCUT2D eigenvalue weighted by Crippen LogP contribution is 2.33. The smallest absolute Gasteiger partial charge is 0.243 e. The van der Waals surface area contributed by atoms with Gasteiger partial charge in [0.1, 0.15) is 4.90 Å². The second-order valence-electron chi connectivity index (χ2n) is 5.05. The molecule has 1 aliphatic carbocycles. The average molecular weight is 323 g/mol. The van der Waals surface area contributed by atoms with Crippen LogP contribution in [-0.4, -0.2) is 14.5 Å². The Labute approximate surface area is 123 Å². The van der Waals surface area contributed by atoms with Crippen molar-refractivity contribution in [2.75, 3.05) is 5.73 Å². The quantitative estimate of drug-likeness (QED) is 0.840. The minimum Gasteiger partial charge on any atom is -0.399 e. The van der Waals surface area contributed by atoms with Gasteiger partial charge in [-0.1, -0.05) is 30.1 Å². The number of nitrogens with two attached hydrogens (primary N) is 1. The highest BCUT2D eigenvalue weighted by atomic mass is 35.5. The maximum absolute atomic E-state index is 12.3. The fourth-order valence-electron chi connectivity index (χ4n) is 2.43. The molecule has 7 heteroatoms. The first-order chi connectivity index (χ1) is 8.79. The Morgan fingerprint density at radius 3 is 2.32 bits per heavy atom. The second kappa shape index (κ2) is 5.48. The van der Waals surface area contributed by atoms with Crippen molar-refractivity contribution >= 4 is 38.9 Å². The number of rotatable bonds is 3. The standard InChI is InChI=1S/C12H16Cl2N2O2S/c1-7-2-3-9(4-7)16-19(17,18)12-10(13)5-8(15)6-11(12)14/h5-7,9,16H,2-4,15H2,1H3. The number of nitrogen functional groups attached to an aromatic ring is 1. The van der Waals surface area contributed by atoms with Crippen molar-refractivity contribution in [1.29, 1.82) is 0 Å². The summed E-state index contributed by atoms with van der Waals surface area (Å²) in [7, 11) is -3.71.